The number of hydrogen-bond acceptors (Lipinski definition) is 2. The van der Waals surface area contributed by atoms with Crippen molar-refractivity contribution in [2.24, 2.45) is 0 Å². The van der Waals surface area contributed by atoms with Crippen LogP contribution >= 0.6 is 0 Å². The van der Waals surface area contributed by atoms with Gasteiger partial charge < -0.3 is 5.32 Å². The molecule has 3 nitrogen and oxygen atoms in total. The van der Waals surface area contributed by atoms with Gasteiger partial charge in [0.15, 0.2) is 0 Å². The van der Waals surface area contributed by atoms with Gasteiger partial charge in [0.25, 0.3) is 0 Å². The van der Waals surface area contributed by atoms with Crippen LogP contribution in [0, 0.1) is 0 Å². The zero-order valence-corrected chi connectivity index (χ0v) is 7.03. The number of nitrogens with one attached hydrogen (secondary N) is 1. The smallest absolute Gasteiger partial charge is 0.0771 e. The van der Waals surface area contributed by atoms with Crippen molar-refractivity contribution in [3.8, 4) is 0 Å². The molecular weight excluding hydrogens is 150 g/mol. The van der Waals surface area contributed by atoms with Gasteiger partial charge in [0.1, 0.15) is 0 Å². The van der Waals surface area contributed by atoms with Crippen LogP contribution in [0.15, 0.2) is 12.3 Å². The minimum absolute atomic E-state index is 0. The first-order chi connectivity index (χ1) is 5.95. The third-order valence-electron chi connectivity index (χ3n) is 2.80. The molecule has 1 saturated heterocycles. The first-order valence-corrected chi connectivity index (χ1v) is 4.69. The molecule has 0 spiro atoms. The van der Waals surface area contributed by atoms with Gasteiger partial charge in [-0.2, -0.15) is 5.10 Å². The molecule has 3 rings (SSSR count). The summed E-state index contributed by atoms with van der Waals surface area (Å²) in [4.78, 5) is 0. The summed E-state index contributed by atoms with van der Waals surface area (Å²) in [6.45, 7) is 2.20. The predicted molar refractivity (Wildman–Crippen MR) is 48.2 cm³/mol. The normalized spacial score (nSPS) is 24.0. The zero-order chi connectivity index (χ0) is 7.97. The molecule has 0 atom stereocenters. The minimum Gasteiger partial charge on any atom is -0.312 e. The standard InChI is InChI=1S/C9H13N3.H2/c1-2-7(1)9-3-4-11-12(9)8-5-10-6-8;/h3-4,7-8,10H,1-2,5-6H2;1H. The largest absolute Gasteiger partial charge is 0.312 e. The minimum atomic E-state index is 0. The fraction of sp³-hybridized carbons (Fsp3) is 0.667. The highest BCUT2D eigenvalue weighted by Gasteiger charge is 2.30. The fourth-order valence-corrected chi connectivity index (χ4v) is 1.78. The molecule has 0 amide bonds. The number of nitrogens with zero attached hydrogens (tertiary/aromatic N) is 2. The van der Waals surface area contributed by atoms with E-state index < -0.39 is 0 Å². The molecule has 3 heteroatoms. The van der Waals surface area contributed by atoms with Crippen molar-refractivity contribution in [1.82, 2.24) is 15.1 Å². The van der Waals surface area contributed by atoms with Crippen molar-refractivity contribution in [2.75, 3.05) is 13.1 Å². The Kier molecular flexibility index (Phi) is 1.29. The van der Waals surface area contributed by atoms with E-state index in [0.717, 1.165) is 19.0 Å². The second kappa shape index (κ2) is 2.33. The van der Waals surface area contributed by atoms with Crippen LogP contribution in [-0.4, -0.2) is 22.9 Å². The third-order valence-corrected chi connectivity index (χ3v) is 2.80. The third kappa shape index (κ3) is 0.894. The molecular formula is C9H15N3. The molecule has 0 bridgehead atoms. The van der Waals surface area contributed by atoms with Crippen LogP contribution < -0.4 is 5.32 Å². The van der Waals surface area contributed by atoms with Crippen molar-refractivity contribution in [3.05, 3.63) is 18.0 Å². The molecule has 1 aromatic rings. The van der Waals surface area contributed by atoms with Crippen molar-refractivity contribution < 1.29 is 1.43 Å². The van der Waals surface area contributed by atoms with E-state index in [0.29, 0.717) is 6.04 Å². The first kappa shape index (κ1) is 6.66. The lowest BCUT2D eigenvalue weighted by molar-refractivity contribution is 0.310. The average Bonchev–Trinajstić information content (AvgIpc) is 2.70. The van der Waals surface area contributed by atoms with Crippen molar-refractivity contribution in [1.29, 1.82) is 0 Å². The highest BCUT2D eigenvalue weighted by Crippen LogP contribution is 2.40. The van der Waals surface area contributed by atoms with E-state index >= 15 is 0 Å². The lowest BCUT2D eigenvalue weighted by atomic mass is 10.1. The summed E-state index contributed by atoms with van der Waals surface area (Å²) in [5.74, 6) is 0.827. The van der Waals surface area contributed by atoms with E-state index in [4.69, 9.17) is 0 Å². The Hall–Kier alpha value is -0.830. The zero-order valence-electron chi connectivity index (χ0n) is 7.03. The molecule has 1 aromatic heterocycles. The van der Waals surface area contributed by atoms with Gasteiger partial charge >= 0.3 is 0 Å². The maximum Gasteiger partial charge on any atom is 0.0771 e. The monoisotopic (exact) mass is 165 g/mol. The molecule has 1 saturated carbocycles. The van der Waals surface area contributed by atoms with E-state index in [1.165, 1.54) is 18.5 Å². The maximum absolute atomic E-state index is 4.38. The Bertz CT molecular complexity index is 289. The van der Waals surface area contributed by atoms with E-state index in [1.807, 2.05) is 6.20 Å². The Labute approximate surface area is 73.3 Å². The van der Waals surface area contributed by atoms with Crippen LogP contribution in [0.4, 0.5) is 0 Å². The quantitative estimate of drug-likeness (QED) is 0.712. The van der Waals surface area contributed by atoms with Gasteiger partial charge in [-0.3, -0.25) is 4.68 Å². The first-order valence-electron chi connectivity index (χ1n) is 4.69. The molecule has 2 fully saturated rings. The van der Waals surface area contributed by atoms with Gasteiger partial charge in [0.05, 0.1) is 6.04 Å². The van der Waals surface area contributed by atoms with Gasteiger partial charge in [0, 0.05) is 32.3 Å². The van der Waals surface area contributed by atoms with Gasteiger partial charge in [-0.05, 0) is 18.9 Å². The van der Waals surface area contributed by atoms with E-state index in [2.05, 4.69) is 21.2 Å². The van der Waals surface area contributed by atoms with Crippen molar-refractivity contribution in [2.45, 2.75) is 24.8 Å². The molecule has 2 heterocycles. The number of aromatic nitrogens is 2. The highest BCUT2D eigenvalue weighted by atomic mass is 15.3. The molecule has 0 radical (unpaired) electrons. The van der Waals surface area contributed by atoms with E-state index in [9.17, 15) is 0 Å². The Balaban J connectivity index is 0.000000653. The Morgan fingerprint density at radius 2 is 2.33 bits per heavy atom. The van der Waals surface area contributed by atoms with Gasteiger partial charge in [0.2, 0.25) is 0 Å². The van der Waals surface area contributed by atoms with Crippen LogP contribution in [-0.2, 0) is 0 Å². The van der Waals surface area contributed by atoms with E-state index in [-0.39, 0.29) is 1.43 Å². The SMILES string of the molecule is [HH].c1cc(C2CC2)n(C2CNC2)n1. The lowest BCUT2D eigenvalue weighted by Crippen LogP contribution is -2.44. The summed E-state index contributed by atoms with van der Waals surface area (Å²) in [6, 6.07) is 2.81. The number of hydrogen-bond donors (Lipinski definition) is 1. The van der Waals surface area contributed by atoms with Gasteiger partial charge in [-0.1, -0.05) is 0 Å². The molecule has 66 valence electrons. The van der Waals surface area contributed by atoms with Crippen LogP contribution in [0.2, 0.25) is 0 Å². The predicted octanol–water partition coefficient (Wildman–Crippen LogP) is 1.15. The summed E-state index contributed by atoms with van der Waals surface area (Å²) >= 11 is 0. The van der Waals surface area contributed by atoms with Crippen LogP contribution in [0.1, 0.15) is 31.9 Å². The number of rotatable bonds is 2. The fourth-order valence-electron chi connectivity index (χ4n) is 1.78. The van der Waals surface area contributed by atoms with Crippen molar-refractivity contribution in [3.63, 3.8) is 0 Å². The van der Waals surface area contributed by atoms with Crippen molar-refractivity contribution >= 4 is 0 Å². The summed E-state index contributed by atoms with van der Waals surface area (Å²) in [5.41, 5.74) is 1.46. The summed E-state index contributed by atoms with van der Waals surface area (Å²) < 4.78 is 2.22. The Morgan fingerprint density at radius 3 is 2.92 bits per heavy atom. The Morgan fingerprint density at radius 1 is 1.50 bits per heavy atom. The average molecular weight is 165 g/mol. The molecule has 12 heavy (non-hydrogen) atoms. The summed E-state index contributed by atoms with van der Waals surface area (Å²) in [5, 5.41) is 7.65. The van der Waals surface area contributed by atoms with Gasteiger partial charge in [-0.15, -0.1) is 0 Å². The molecule has 1 N–H and O–H groups in total. The summed E-state index contributed by atoms with van der Waals surface area (Å²) in [6.07, 6.45) is 4.67. The summed E-state index contributed by atoms with van der Waals surface area (Å²) in [7, 11) is 0. The van der Waals surface area contributed by atoms with E-state index in [1.54, 1.807) is 0 Å². The van der Waals surface area contributed by atoms with Gasteiger partial charge in [-0.25, -0.2) is 0 Å². The molecule has 1 aliphatic carbocycles. The molecule has 0 aromatic carbocycles. The topological polar surface area (TPSA) is 29.9 Å². The second-order valence-corrected chi connectivity index (χ2v) is 3.79. The molecule has 1 aliphatic heterocycles. The van der Waals surface area contributed by atoms with Crippen LogP contribution in [0.25, 0.3) is 0 Å². The molecule has 0 unspecified atom stereocenters. The highest BCUT2D eigenvalue weighted by molar-refractivity contribution is 5.15. The maximum atomic E-state index is 4.38. The molecule has 2 aliphatic rings. The second-order valence-electron chi connectivity index (χ2n) is 3.79. The van der Waals surface area contributed by atoms with Crippen LogP contribution in [0.3, 0.4) is 0 Å². The lowest BCUT2D eigenvalue weighted by Gasteiger charge is -2.28. The van der Waals surface area contributed by atoms with Crippen LogP contribution in [0.5, 0.6) is 0 Å².